The summed E-state index contributed by atoms with van der Waals surface area (Å²) in [4.78, 5) is 1.80. The van der Waals surface area contributed by atoms with Gasteiger partial charge in [-0.1, -0.05) is 0 Å². The van der Waals surface area contributed by atoms with E-state index < -0.39 is 15.5 Å². The van der Waals surface area contributed by atoms with Gasteiger partial charge in [0.1, 0.15) is 0 Å². The third-order valence-corrected chi connectivity index (χ3v) is 4.06. The lowest BCUT2D eigenvalue weighted by Gasteiger charge is -2.26. The van der Waals surface area contributed by atoms with Crippen molar-refractivity contribution in [3.8, 4) is 0 Å². The Labute approximate surface area is 124 Å². The van der Waals surface area contributed by atoms with Crippen molar-refractivity contribution < 1.29 is 22.4 Å². The van der Waals surface area contributed by atoms with Crippen LogP contribution in [-0.2, 0) is 19.6 Å². The summed E-state index contributed by atoms with van der Waals surface area (Å²) < 4.78 is 43.1. The van der Waals surface area contributed by atoms with Gasteiger partial charge in [0, 0.05) is 27.3 Å². The summed E-state index contributed by atoms with van der Waals surface area (Å²) in [7, 11) is -1.15. The predicted octanol–water partition coefficient (Wildman–Crippen LogP) is -0.0292. The largest absolute Gasteiger partial charge is 0.394 e. The zero-order valence-corrected chi connectivity index (χ0v) is 13.2. The number of hydrogen-bond donors (Lipinski definition) is 2. The van der Waals surface area contributed by atoms with E-state index in [2.05, 4.69) is 5.10 Å². The molecular formula is C11H22N4O5S. The summed E-state index contributed by atoms with van der Waals surface area (Å²) in [5.41, 5.74) is 6.20. The first-order valence-corrected chi connectivity index (χ1v) is 7.85. The Kier molecular flexibility index (Phi) is 6.40. The Hall–Kier alpha value is -1.36. The molecule has 1 aromatic heterocycles. The van der Waals surface area contributed by atoms with Crippen molar-refractivity contribution in [1.29, 1.82) is 0 Å². The van der Waals surface area contributed by atoms with Crippen molar-refractivity contribution in [3.63, 3.8) is 0 Å². The lowest BCUT2D eigenvalue weighted by atomic mass is 10.4. The van der Waals surface area contributed by atoms with E-state index in [1.165, 1.54) is 17.8 Å². The second kappa shape index (κ2) is 7.59. The van der Waals surface area contributed by atoms with E-state index in [1.54, 1.807) is 19.1 Å². The maximum Gasteiger partial charge on any atom is 0.288 e. The number of aromatic nitrogens is 2. The Bertz CT molecular complexity index is 537. The smallest absolute Gasteiger partial charge is 0.288 e. The summed E-state index contributed by atoms with van der Waals surface area (Å²) in [6, 6.07) is 0. The maximum atomic E-state index is 11.3. The molecule has 0 fully saturated rings. The van der Waals surface area contributed by atoms with Gasteiger partial charge in [-0.25, -0.2) is 4.68 Å². The Balaban J connectivity index is 3.14. The van der Waals surface area contributed by atoms with Gasteiger partial charge >= 0.3 is 0 Å². The molecule has 1 heterocycles. The summed E-state index contributed by atoms with van der Waals surface area (Å²) in [5.74, 6) is 0.411. The monoisotopic (exact) mass is 322 g/mol. The third-order valence-electron chi connectivity index (χ3n) is 3.00. The molecule has 10 heteroatoms. The first-order valence-electron chi connectivity index (χ1n) is 6.35. The van der Waals surface area contributed by atoms with Crippen molar-refractivity contribution in [2.24, 2.45) is 0 Å². The molecule has 0 aliphatic carbocycles. The molecule has 3 N–H and O–H groups in total. The minimum absolute atomic E-state index is 0.317. The van der Waals surface area contributed by atoms with Crippen LogP contribution in [0.5, 0.6) is 0 Å². The van der Waals surface area contributed by atoms with Gasteiger partial charge in [0.05, 0.1) is 25.1 Å². The molecular weight excluding hydrogens is 300 g/mol. The minimum atomic E-state index is -4.28. The van der Waals surface area contributed by atoms with E-state index >= 15 is 0 Å². The molecule has 21 heavy (non-hydrogen) atoms. The van der Waals surface area contributed by atoms with E-state index in [0.29, 0.717) is 37.8 Å². The molecule has 0 saturated carbocycles. The molecule has 122 valence electrons. The van der Waals surface area contributed by atoms with E-state index in [-0.39, 0.29) is 0 Å². The van der Waals surface area contributed by atoms with Crippen LogP contribution in [0.3, 0.4) is 0 Å². The fraction of sp³-hybridized carbons (Fsp3) is 0.727. The van der Waals surface area contributed by atoms with Crippen LogP contribution in [0, 0.1) is 0 Å². The maximum absolute atomic E-state index is 11.3. The Morgan fingerprint density at radius 2 is 1.90 bits per heavy atom. The van der Waals surface area contributed by atoms with Crippen molar-refractivity contribution in [1.82, 2.24) is 9.78 Å². The quantitative estimate of drug-likeness (QED) is 0.608. The highest BCUT2D eigenvalue weighted by atomic mass is 32.2. The molecule has 1 rings (SSSR count). The molecule has 0 aromatic carbocycles. The van der Waals surface area contributed by atoms with Crippen LogP contribution in [0.2, 0.25) is 0 Å². The average molecular weight is 322 g/mol. The second-order valence-electron chi connectivity index (χ2n) is 4.46. The molecule has 0 amide bonds. The van der Waals surface area contributed by atoms with Gasteiger partial charge in [0.2, 0.25) is 0 Å². The minimum Gasteiger partial charge on any atom is -0.394 e. The molecule has 0 saturated heterocycles. The van der Waals surface area contributed by atoms with Gasteiger partial charge in [0.15, 0.2) is 11.2 Å². The average Bonchev–Trinajstić information content (AvgIpc) is 2.79. The molecule has 1 unspecified atom stereocenters. The molecule has 1 atom stereocenters. The standard InChI is InChI=1S/C11H22N4O5S/c1-9(21(16,17)18)15-11(10(12)8-13-15)14(4-6-19-2)5-7-20-3/h8-9H,4-7,12H2,1-3H3,(H,16,17,18). The SMILES string of the molecule is COCCN(CCOC)c1c(N)cnn1C(C)S(=O)(=O)O. The molecule has 0 aliphatic heterocycles. The van der Waals surface area contributed by atoms with E-state index in [0.717, 1.165) is 0 Å². The number of ether oxygens (including phenoxy) is 2. The highest BCUT2D eigenvalue weighted by Gasteiger charge is 2.26. The highest BCUT2D eigenvalue weighted by molar-refractivity contribution is 7.85. The Morgan fingerprint density at radius 3 is 2.33 bits per heavy atom. The zero-order chi connectivity index (χ0) is 16.0. The second-order valence-corrected chi connectivity index (χ2v) is 6.17. The lowest BCUT2D eigenvalue weighted by molar-refractivity contribution is 0.189. The van der Waals surface area contributed by atoms with E-state index in [4.69, 9.17) is 15.2 Å². The summed E-state index contributed by atoms with van der Waals surface area (Å²) in [6.07, 6.45) is 1.35. The summed E-state index contributed by atoms with van der Waals surface area (Å²) in [6.45, 7) is 3.14. The van der Waals surface area contributed by atoms with Crippen LogP contribution in [0.25, 0.3) is 0 Å². The topological polar surface area (TPSA) is 120 Å². The van der Waals surface area contributed by atoms with Gasteiger partial charge < -0.3 is 20.1 Å². The predicted molar refractivity (Wildman–Crippen MR) is 78.9 cm³/mol. The summed E-state index contributed by atoms with van der Waals surface area (Å²) >= 11 is 0. The van der Waals surface area contributed by atoms with Crippen molar-refractivity contribution in [2.45, 2.75) is 12.3 Å². The Morgan fingerprint density at radius 1 is 1.38 bits per heavy atom. The van der Waals surface area contributed by atoms with Crippen LogP contribution in [0.4, 0.5) is 11.5 Å². The number of anilines is 2. The van der Waals surface area contributed by atoms with Gasteiger partial charge in [-0.3, -0.25) is 4.55 Å². The molecule has 9 nitrogen and oxygen atoms in total. The normalized spacial score (nSPS) is 13.3. The molecule has 1 aromatic rings. The van der Waals surface area contributed by atoms with Crippen LogP contribution in [0.1, 0.15) is 12.3 Å². The van der Waals surface area contributed by atoms with Crippen molar-refractivity contribution in [2.75, 3.05) is 51.2 Å². The number of nitrogens with two attached hydrogens (primary N) is 1. The number of methoxy groups -OCH3 is 2. The first kappa shape index (κ1) is 17.7. The molecule has 0 radical (unpaired) electrons. The van der Waals surface area contributed by atoms with Gasteiger partial charge in [-0.15, -0.1) is 0 Å². The molecule has 0 aliphatic rings. The number of rotatable bonds is 9. The fourth-order valence-electron chi connectivity index (χ4n) is 1.82. The van der Waals surface area contributed by atoms with Crippen LogP contribution >= 0.6 is 0 Å². The van der Waals surface area contributed by atoms with Crippen LogP contribution < -0.4 is 10.6 Å². The molecule has 0 spiro atoms. The van der Waals surface area contributed by atoms with E-state index in [1.807, 2.05) is 0 Å². The fourth-order valence-corrected chi connectivity index (χ4v) is 2.22. The zero-order valence-electron chi connectivity index (χ0n) is 12.4. The summed E-state index contributed by atoms with van der Waals surface area (Å²) in [5, 5.41) is 2.71. The van der Waals surface area contributed by atoms with Crippen molar-refractivity contribution in [3.05, 3.63) is 6.20 Å². The van der Waals surface area contributed by atoms with Crippen LogP contribution in [0.15, 0.2) is 6.20 Å². The van der Waals surface area contributed by atoms with E-state index in [9.17, 15) is 13.0 Å². The number of nitrogens with zero attached hydrogens (tertiary/aromatic N) is 3. The van der Waals surface area contributed by atoms with Crippen molar-refractivity contribution >= 4 is 21.6 Å². The number of nitrogen functional groups attached to an aromatic ring is 1. The lowest BCUT2D eigenvalue weighted by Crippen LogP contribution is -2.34. The van der Waals surface area contributed by atoms with Gasteiger partial charge in [-0.05, 0) is 6.92 Å². The third kappa shape index (κ3) is 4.56. The van der Waals surface area contributed by atoms with Crippen LogP contribution in [-0.4, -0.2) is 63.3 Å². The van der Waals surface area contributed by atoms with Gasteiger partial charge in [-0.2, -0.15) is 13.5 Å². The highest BCUT2D eigenvalue weighted by Crippen LogP contribution is 2.27. The van der Waals surface area contributed by atoms with Gasteiger partial charge in [0.25, 0.3) is 10.1 Å². The molecule has 0 bridgehead atoms. The first-order chi connectivity index (χ1) is 9.82. The number of hydrogen-bond acceptors (Lipinski definition) is 7.